The standard InChI is InChI=1S/C22H22N4O3S2/c1-29-18-9-7-17(8-10-18)26-12-16(11-20(26)27)21(28)23-22-25-24-19(31-22)14-30-13-15-5-3-2-4-6-15/h2-10,16H,11-14H2,1H3,(H,23,25,28). The van der Waals surface area contributed by atoms with E-state index in [2.05, 4.69) is 27.6 Å². The van der Waals surface area contributed by atoms with Gasteiger partial charge in [-0.25, -0.2) is 0 Å². The van der Waals surface area contributed by atoms with Gasteiger partial charge in [-0.3, -0.25) is 9.59 Å². The van der Waals surface area contributed by atoms with Crippen LogP contribution in [0.5, 0.6) is 5.75 Å². The van der Waals surface area contributed by atoms with Crippen LogP contribution in [0.25, 0.3) is 0 Å². The van der Waals surface area contributed by atoms with Crippen molar-refractivity contribution in [3.8, 4) is 5.75 Å². The summed E-state index contributed by atoms with van der Waals surface area (Å²) in [7, 11) is 1.59. The number of anilines is 2. The van der Waals surface area contributed by atoms with Crippen molar-refractivity contribution < 1.29 is 14.3 Å². The summed E-state index contributed by atoms with van der Waals surface area (Å²) in [5.41, 5.74) is 2.02. The van der Waals surface area contributed by atoms with E-state index in [9.17, 15) is 9.59 Å². The number of hydrogen-bond donors (Lipinski definition) is 1. The molecule has 1 fully saturated rings. The molecule has 0 bridgehead atoms. The van der Waals surface area contributed by atoms with Crippen molar-refractivity contribution in [2.45, 2.75) is 17.9 Å². The summed E-state index contributed by atoms with van der Waals surface area (Å²) in [6, 6.07) is 17.5. The molecule has 0 spiro atoms. The van der Waals surface area contributed by atoms with Gasteiger partial charge in [-0.2, -0.15) is 0 Å². The molecule has 0 saturated carbocycles. The van der Waals surface area contributed by atoms with E-state index in [1.54, 1.807) is 35.9 Å². The van der Waals surface area contributed by atoms with E-state index in [4.69, 9.17) is 4.74 Å². The van der Waals surface area contributed by atoms with Gasteiger partial charge < -0.3 is 15.0 Å². The lowest BCUT2D eigenvalue weighted by Crippen LogP contribution is -2.28. The molecule has 1 unspecified atom stereocenters. The highest BCUT2D eigenvalue weighted by atomic mass is 32.2. The Bertz CT molecular complexity index is 1040. The fourth-order valence-corrected chi connectivity index (χ4v) is 5.08. The van der Waals surface area contributed by atoms with Gasteiger partial charge in [0.2, 0.25) is 16.9 Å². The highest BCUT2D eigenvalue weighted by Gasteiger charge is 2.35. The van der Waals surface area contributed by atoms with Crippen molar-refractivity contribution in [3.63, 3.8) is 0 Å². The first kappa shape index (κ1) is 21.3. The number of amides is 2. The molecule has 1 aromatic heterocycles. The van der Waals surface area contributed by atoms with Crippen LogP contribution >= 0.6 is 23.1 Å². The number of ether oxygens (including phenoxy) is 1. The first-order valence-corrected chi connectivity index (χ1v) is 11.8. The van der Waals surface area contributed by atoms with Crippen LogP contribution in [0.1, 0.15) is 17.0 Å². The summed E-state index contributed by atoms with van der Waals surface area (Å²) in [4.78, 5) is 26.7. The number of carbonyl (C=O) groups excluding carboxylic acids is 2. The number of nitrogens with one attached hydrogen (secondary N) is 1. The molecule has 31 heavy (non-hydrogen) atoms. The molecule has 0 radical (unpaired) electrons. The molecule has 4 rings (SSSR count). The highest BCUT2D eigenvalue weighted by Crippen LogP contribution is 2.28. The molecule has 9 heteroatoms. The predicted molar refractivity (Wildman–Crippen MR) is 123 cm³/mol. The van der Waals surface area contributed by atoms with Gasteiger partial charge in [0, 0.05) is 30.2 Å². The van der Waals surface area contributed by atoms with Gasteiger partial charge in [0.15, 0.2) is 0 Å². The third-order valence-corrected chi connectivity index (χ3v) is 6.95. The van der Waals surface area contributed by atoms with Crippen LogP contribution in [0.4, 0.5) is 10.8 Å². The maximum atomic E-state index is 12.7. The van der Waals surface area contributed by atoms with E-state index in [-0.39, 0.29) is 18.2 Å². The van der Waals surface area contributed by atoms with E-state index >= 15 is 0 Å². The van der Waals surface area contributed by atoms with Gasteiger partial charge in [-0.1, -0.05) is 41.7 Å². The lowest BCUT2D eigenvalue weighted by atomic mass is 10.1. The van der Waals surface area contributed by atoms with E-state index in [0.717, 1.165) is 28.0 Å². The van der Waals surface area contributed by atoms with Gasteiger partial charge in [0.1, 0.15) is 10.8 Å². The summed E-state index contributed by atoms with van der Waals surface area (Å²) in [5, 5.41) is 12.4. The van der Waals surface area contributed by atoms with E-state index in [1.807, 2.05) is 30.3 Å². The molecule has 1 aliphatic rings. The number of nitrogens with zero attached hydrogens (tertiary/aromatic N) is 3. The molecular weight excluding hydrogens is 432 g/mol. The van der Waals surface area contributed by atoms with Crippen molar-refractivity contribution in [1.29, 1.82) is 0 Å². The Hall–Kier alpha value is -2.91. The number of rotatable bonds is 8. The summed E-state index contributed by atoms with van der Waals surface area (Å²) in [5.74, 6) is 1.65. The average Bonchev–Trinajstić information content (AvgIpc) is 3.41. The Morgan fingerprint density at radius 2 is 1.94 bits per heavy atom. The maximum Gasteiger partial charge on any atom is 0.231 e. The molecule has 1 aliphatic heterocycles. The van der Waals surface area contributed by atoms with Crippen molar-refractivity contribution in [3.05, 3.63) is 65.2 Å². The molecule has 1 N–H and O–H groups in total. The fraction of sp³-hybridized carbons (Fsp3) is 0.273. The summed E-state index contributed by atoms with van der Waals surface area (Å²) < 4.78 is 5.15. The molecule has 1 atom stereocenters. The molecule has 7 nitrogen and oxygen atoms in total. The van der Waals surface area contributed by atoms with Crippen molar-refractivity contribution >= 4 is 45.7 Å². The third kappa shape index (κ3) is 5.42. The molecule has 2 amide bonds. The largest absolute Gasteiger partial charge is 0.497 e. The molecule has 1 saturated heterocycles. The maximum absolute atomic E-state index is 12.7. The Balaban J connectivity index is 1.29. The number of carbonyl (C=O) groups is 2. The van der Waals surface area contributed by atoms with Crippen LogP contribution in [-0.4, -0.2) is 35.7 Å². The Labute approximate surface area is 188 Å². The minimum Gasteiger partial charge on any atom is -0.497 e. The molecule has 160 valence electrons. The molecule has 0 aliphatic carbocycles. The number of methoxy groups -OCH3 is 1. The van der Waals surface area contributed by atoms with Crippen molar-refractivity contribution in [1.82, 2.24) is 10.2 Å². The van der Waals surface area contributed by atoms with Crippen LogP contribution in [0, 0.1) is 5.92 Å². The molecular formula is C22H22N4O3S2. The lowest BCUT2D eigenvalue weighted by molar-refractivity contribution is -0.122. The van der Waals surface area contributed by atoms with E-state index in [1.165, 1.54) is 16.9 Å². The second-order valence-electron chi connectivity index (χ2n) is 7.07. The second kappa shape index (κ2) is 9.93. The first-order chi connectivity index (χ1) is 15.1. The van der Waals surface area contributed by atoms with Gasteiger partial charge in [-0.05, 0) is 29.8 Å². The normalized spacial score (nSPS) is 15.8. The summed E-state index contributed by atoms with van der Waals surface area (Å²) in [6.07, 6.45) is 0.177. The SMILES string of the molecule is COc1ccc(N2CC(C(=O)Nc3nnc(CSCc4ccccc4)s3)CC2=O)cc1. The number of hydrogen-bond acceptors (Lipinski definition) is 7. The van der Waals surface area contributed by atoms with Crippen molar-refractivity contribution in [2.24, 2.45) is 5.92 Å². The molecule has 2 heterocycles. The van der Waals surface area contributed by atoms with E-state index < -0.39 is 5.92 Å². The van der Waals surface area contributed by atoms with Gasteiger partial charge in [0.25, 0.3) is 0 Å². The smallest absolute Gasteiger partial charge is 0.231 e. The lowest BCUT2D eigenvalue weighted by Gasteiger charge is -2.16. The van der Waals surface area contributed by atoms with Crippen LogP contribution in [0.2, 0.25) is 0 Å². The van der Waals surface area contributed by atoms with Crippen LogP contribution < -0.4 is 15.0 Å². The zero-order valence-electron chi connectivity index (χ0n) is 17.0. The van der Waals surface area contributed by atoms with Crippen LogP contribution in [0.15, 0.2) is 54.6 Å². The monoisotopic (exact) mass is 454 g/mol. The fourth-order valence-electron chi connectivity index (χ4n) is 3.30. The quantitative estimate of drug-likeness (QED) is 0.554. The molecule has 2 aromatic carbocycles. The van der Waals surface area contributed by atoms with Crippen LogP contribution in [-0.2, 0) is 21.1 Å². The average molecular weight is 455 g/mol. The first-order valence-electron chi connectivity index (χ1n) is 9.81. The van der Waals surface area contributed by atoms with E-state index in [0.29, 0.717) is 11.7 Å². The zero-order chi connectivity index (χ0) is 21.6. The minimum atomic E-state index is -0.422. The minimum absolute atomic E-state index is 0.0689. The summed E-state index contributed by atoms with van der Waals surface area (Å²) in [6.45, 7) is 0.343. The number of benzene rings is 2. The zero-order valence-corrected chi connectivity index (χ0v) is 18.6. The predicted octanol–water partition coefficient (Wildman–Crippen LogP) is 3.97. The van der Waals surface area contributed by atoms with Gasteiger partial charge in [-0.15, -0.1) is 22.0 Å². The summed E-state index contributed by atoms with van der Waals surface area (Å²) >= 11 is 3.12. The Morgan fingerprint density at radius 1 is 1.16 bits per heavy atom. The van der Waals surface area contributed by atoms with Crippen LogP contribution in [0.3, 0.4) is 0 Å². The van der Waals surface area contributed by atoms with Crippen molar-refractivity contribution in [2.75, 3.05) is 23.9 Å². The number of aromatic nitrogens is 2. The Kier molecular flexibility index (Phi) is 6.83. The second-order valence-corrected chi connectivity index (χ2v) is 9.12. The van der Waals surface area contributed by atoms with Gasteiger partial charge in [0.05, 0.1) is 13.0 Å². The molecule has 3 aromatic rings. The van der Waals surface area contributed by atoms with Gasteiger partial charge >= 0.3 is 0 Å². The topological polar surface area (TPSA) is 84.4 Å². The third-order valence-electron chi connectivity index (χ3n) is 4.91. The highest BCUT2D eigenvalue weighted by molar-refractivity contribution is 7.97. The Morgan fingerprint density at radius 3 is 2.68 bits per heavy atom. The number of thioether (sulfide) groups is 1.